The lowest BCUT2D eigenvalue weighted by molar-refractivity contribution is 0.304. The second-order valence-electron chi connectivity index (χ2n) is 5.95. The van der Waals surface area contributed by atoms with Crippen LogP contribution < -0.4 is 0 Å². The molecule has 1 aromatic carbocycles. The molecule has 18 heavy (non-hydrogen) atoms. The van der Waals surface area contributed by atoms with Crippen LogP contribution in [0, 0.1) is 11.8 Å². The molecule has 2 unspecified atom stereocenters. The van der Waals surface area contributed by atoms with E-state index in [2.05, 4.69) is 56.3 Å². The minimum atomic E-state index is 0.704. The van der Waals surface area contributed by atoms with Crippen molar-refractivity contribution in [1.29, 1.82) is 0 Å². The van der Waals surface area contributed by atoms with Crippen molar-refractivity contribution in [1.82, 2.24) is 4.90 Å². The van der Waals surface area contributed by atoms with Gasteiger partial charge in [0.2, 0.25) is 0 Å². The molecule has 0 heterocycles. The Hall–Kier alpha value is -0.820. The highest BCUT2D eigenvalue weighted by Crippen LogP contribution is 2.43. The third-order valence-electron chi connectivity index (χ3n) is 4.13. The van der Waals surface area contributed by atoms with E-state index in [0.29, 0.717) is 11.8 Å². The van der Waals surface area contributed by atoms with E-state index in [4.69, 9.17) is 0 Å². The Morgan fingerprint density at radius 3 is 2.56 bits per heavy atom. The van der Waals surface area contributed by atoms with Crippen molar-refractivity contribution in [3.63, 3.8) is 0 Å². The SMILES string of the molecule is CC(CN(C)C)[C]1CCCCC1c1ccccc1. The molecule has 1 aliphatic rings. The molecule has 1 saturated carbocycles. The van der Waals surface area contributed by atoms with Gasteiger partial charge in [-0.25, -0.2) is 0 Å². The summed E-state index contributed by atoms with van der Waals surface area (Å²) in [6.07, 6.45) is 5.44. The third-order valence-corrected chi connectivity index (χ3v) is 4.13. The number of nitrogens with zero attached hydrogens (tertiary/aromatic N) is 1. The van der Waals surface area contributed by atoms with Crippen LogP contribution in [-0.4, -0.2) is 25.5 Å². The second kappa shape index (κ2) is 6.38. The van der Waals surface area contributed by atoms with Gasteiger partial charge in [-0.05, 0) is 50.3 Å². The summed E-state index contributed by atoms with van der Waals surface area (Å²) in [4.78, 5) is 2.31. The largest absolute Gasteiger partial charge is 0.309 e. The smallest absolute Gasteiger partial charge is 0.000666 e. The summed E-state index contributed by atoms with van der Waals surface area (Å²) in [7, 11) is 4.36. The van der Waals surface area contributed by atoms with E-state index in [-0.39, 0.29) is 0 Å². The van der Waals surface area contributed by atoms with Crippen molar-refractivity contribution in [2.45, 2.75) is 38.5 Å². The number of hydrogen-bond donors (Lipinski definition) is 0. The molecule has 1 fully saturated rings. The summed E-state index contributed by atoms with van der Waals surface area (Å²) in [5, 5.41) is 0. The molecule has 1 aromatic rings. The summed E-state index contributed by atoms with van der Waals surface area (Å²) in [5.74, 6) is 3.20. The molecule has 0 saturated heterocycles. The molecule has 0 aliphatic heterocycles. The molecule has 1 radical (unpaired) electrons. The van der Waals surface area contributed by atoms with Gasteiger partial charge in [0.05, 0.1) is 0 Å². The van der Waals surface area contributed by atoms with Gasteiger partial charge < -0.3 is 4.90 Å². The summed E-state index contributed by atoms with van der Waals surface area (Å²) < 4.78 is 0. The monoisotopic (exact) mass is 244 g/mol. The molecule has 0 N–H and O–H groups in total. The van der Waals surface area contributed by atoms with E-state index in [9.17, 15) is 0 Å². The minimum Gasteiger partial charge on any atom is -0.309 e. The predicted octanol–water partition coefficient (Wildman–Crippen LogP) is 4.12. The molecular weight excluding hydrogens is 218 g/mol. The summed E-state index contributed by atoms with van der Waals surface area (Å²) in [6, 6.07) is 11.1. The molecule has 1 nitrogen and oxygen atoms in total. The van der Waals surface area contributed by atoms with Crippen LogP contribution in [0.15, 0.2) is 30.3 Å². The van der Waals surface area contributed by atoms with Crippen LogP contribution in [0.2, 0.25) is 0 Å². The molecule has 2 rings (SSSR count). The Balaban J connectivity index is 2.11. The molecule has 0 bridgehead atoms. The van der Waals surface area contributed by atoms with Gasteiger partial charge in [-0.2, -0.15) is 0 Å². The number of hydrogen-bond acceptors (Lipinski definition) is 1. The average Bonchev–Trinajstić information content (AvgIpc) is 2.39. The van der Waals surface area contributed by atoms with E-state index in [1.54, 1.807) is 5.92 Å². The Morgan fingerprint density at radius 1 is 1.17 bits per heavy atom. The van der Waals surface area contributed by atoms with Gasteiger partial charge in [-0.1, -0.05) is 50.1 Å². The topological polar surface area (TPSA) is 3.24 Å². The quantitative estimate of drug-likeness (QED) is 0.770. The second-order valence-corrected chi connectivity index (χ2v) is 5.95. The molecule has 0 amide bonds. The Morgan fingerprint density at radius 2 is 1.89 bits per heavy atom. The van der Waals surface area contributed by atoms with Crippen molar-refractivity contribution in [3.8, 4) is 0 Å². The molecule has 1 aliphatic carbocycles. The van der Waals surface area contributed by atoms with Crippen LogP contribution in [0.1, 0.15) is 44.1 Å². The first-order valence-corrected chi connectivity index (χ1v) is 7.23. The Bertz CT molecular complexity index is 344. The highest BCUT2D eigenvalue weighted by Gasteiger charge is 2.31. The van der Waals surface area contributed by atoms with E-state index >= 15 is 0 Å². The van der Waals surface area contributed by atoms with Crippen LogP contribution in [0.4, 0.5) is 0 Å². The zero-order valence-corrected chi connectivity index (χ0v) is 12.0. The van der Waals surface area contributed by atoms with Gasteiger partial charge in [0.1, 0.15) is 0 Å². The van der Waals surface area contributed by atoms with Gasteiger partial charge >= 0.3 is 0 Å². The van der Waals surface area contributed by atoms with Crippen molar-refractivity contribution in [2.24, 2.45) is 5.92 Å². The fourth-order valence-corrected chi connectivity index (χ4v) is 3.36. The van der Waals surface area contributed by atoms with Gasteiger partial charge in [0, 0.05) is 6.54 Å². The van der Waals surface area contributed by atoms with Crippen molar-refractivity contribution in [3.05, 3.63) is 41.8 Å². The average molecular weight is 244 g/mol. The van der Waals surface area contributed by atoms with E-state index in [1.165, 1.54) is 37.8 Å². The van der Waals surface area contributed by atoms with Crippen LogP contribution >= 0.6 is 0 Å². The lowest BCUT2D eigenvalue weighted by atomic mass is 9.70. The van der Waals surface area contributed by atoms with Crippen LogP contribution in [-0.2, 0) is 0 Å². The molecular formula is C17H26N. The standard InChI is InChI=1S/C17H26N/c1-14(13-18(2)3)16-11-7-8-12-17(16)15-9-5-4-6-10-15/h4-6,9-10,14,17H,7-8,11-13H2,1-3H3. The van der Waals surface area contributed by atoms with Crippen LogP contribution in [0.5, 0.6) is 0 Å². The van der Waals surface area contributed by atoms with Crippen molar-refractivity contribution < 1.29 is 0 Å². The van der Waals surface area contributed by atoms with Crippen molar-refractivity contribution >= 4 is 0 Å². The lowest BCUT2D eigenvalue weighted by Gasteiger charge is -2.36. The van der Waals surface area contributed by atoms with Crippen molar-refractivity contribution in [2.75, 3.05) is 20.6 Å². The molecule has 1 heteroatoms. The maximum Gasteiger partial charge on any atom is 0.000666 e. The maximum atomic E-state index is 2.40. The van der Waals surface area contributed by atoms with Crippen LogP contribution in [0.3, 0.4) is 0 Å². The summed E-state index contributed by atoms with van der Waals surface area (Å²) in [6.45, 7) is 3.58. The Kier molecular flexibility index (Phi) is 4.82. The molecule has 2 atom stereocenters. The molecule has 0 aromatic heterocycles. The Labute approximate surface area is 112 Å². The van der Waals surface area contributed by atoms with E-state index < -0.39 is 0 Å². The van der Waals surface area contributed by atoms with Crippen LogP contribution in [0.25, 0.3) is 0 Å². The predicted molar refractivity (Wildman–Crippen MR) is 78.6 cm³/mol. The summed E-state index contributed by atoms with van der Waals surface area (Å²) in [5.41, 5.74) is 1.53. The van der Waals surface area contributed by atoms with Gasteiger partial charge in [-0.15, -0.1) is 0 Å². The highest BCUT2D eigenvalue weighted by molar-refractivity contribution is 5.27. The van der Waals surface area contributed by atoms with Gasteiger partial charge in [-0.3, -0.25) is 0 Å². The van der Waals surface area contributed by atoms with Gasteiger partial charge in [0.25, 0.3) is 0 Å². The molecule has 0 spiro atoms. The normalized spacial score (nSPS) is 23.2. The number of benzene rings is 1. The number of rotatable bonds is 4. The van der Waals surface area contributed by atoms with Gasteiger partial charge in [0.15, 0.2) is 0 Å². The van der Waals surface area contributed by atoms with E-state index in [1.807, 2.05) is 0 Å². The van der Waals surface area contributed by atoms with E-state index in [0.717, 1.165) is 0 Å². The first-order valence-electron chi connectivity index (χ1n) is 7.23. The minimum absolute atomic E-state index is 0.704. The first-order chi connectivity index (χ1) is 8.68. The summed E-state index contributed by atoms with van der Waals surface area (Å²) >= 11 is 0. The zero-order valence-electron chi connectivity index (χ0n) is 12.0. The fraction of sp³-hybridized carbons (Fsp3) is 0.588. The first kappa shape index (κ1) is 13.6. The fourth-order valence-electron chi connectivity index (χ4n) is 3.36. The zero-order chi connectivity index (χ0) is 13.0. The molecule has 99 valence electrons. The lowest BCUT2D eigenvalue weighted by Crippen LogP contribution is -2.29. The highest BCUT2D eigenvalue weighted by atomic mass is 15.1. The third kappa shape index (κ3) is 3.35. The maximum absolute atomic E-state index is 2.40.